The number of carbonyl (C=O) groups excluding carboxylic acids is 1. The van der Waals surface area contributed by atoms with Gasteiger partial charge in [0.15, 0.2) is 0 Å². The van der Waals surface area contributed by atoms with Crippen LogP contribution in [0, 0.1) is 0 Å². The van der Waals surface area contributed by atoms with Gasteiger partial charge in [-0.05, 0) is 46.9 Å². The second kappa shape index (κ2) is 7.73. The molecule has 3 heteroatoms. The predicted octanol–water partition coefficient (Wildman–Crippen LogP) is 5.35. The summed E-state index contributed by atoms with van der Waals surface area (Å²) >= 11 is 0. The molecule has 1 aliphatic carbocycles. The number of ether oxygens (including phenoxy) is 2. The summed E-state index contributed by atoms with van der Waals surface area (Å²) in [6, 6.07) is 25.3. The van der Waals surface area contributed by atoms with Crippen molar-refractivity contribution in [1.29, 1.82) is 0 Å². The molecule has 0 amide bonds. The van der Waals surface area contributed by atoms with Crippen LogP contribution in [0.15, 0.2) is 84.9 Å². The highest BCUT2D eigenvalue weighted by atomic mass is 16.6. The third kappa shape index (κ3) is 3.44. The molecule has 3 aromatic carbocycles. The molecule has 0 N–H and O–H groups in total. The van der Waals surface area contributed by atoms with E-state index in [1.807, 2.05) is 12.1 Å². The van der Waals surface area contributed by atoms with E-state index in [0.29, 0.717) is 12.2 Å². The molecular weight excluding hydrogens is 348 g/mol. The lowest BCUT2D eigenvalue weighted by molar-refractivity contribution is -0.139. The first-order chi connectivity index (χ1) is 13.6. The van der Waals surface area contributed by atoms with Gasteiger partial charge in [-0.25, -0.2) is 4.79 Å². The number of carbonyl (C=O) groups is 1. The van der Waals surface area contributed by atoms with Gasteiger partial charge in [-0.1, -0.05) is 67.2 Å². The van der Waals surface area contributed by atoms with E-state index in [4.69, 9.17) is 9.47 Å². The topological polar surface area (TPSA) is 35.5 Å². The molecule has 3 nitrogen and oxygen atoms in total. The highest BCUT2D eigenvalue weighted by Gasteiger charge is 2.29. The predicted molar refractivity (Wildman–Crippen MR) is 111 cm³/mol. The van der Waals surface area contributed by atoms with E-state index < -0.39 is 5.97 Å². The fraction of sp³-hybridized carbons (Fsp3) is 0.160. The van der Waals surface area contributed by atoms with Crippen molar-refractivity contribution in [2.24, 2.45) is 0 Å². The molecule has 0 unspecified atom stereocenters. The number of hydrogen-bond acceptors (Lipinski definition) is 3. The minimum atomic E-state index is -0.391. The van der Waals surface area contributed by atoms with Gasteiger partial charge in [-0.15, -0.1) is 0 Å². The molecule has 0 spiro atoms. The zero-order valence-corrected chi connectivity index (χ0v) is 15.9. The average Bonchev–Trinajstić information content (AvgIpc) is 3.06. The van der Waals surface area contributed by atoms with Crippen molar-refractivity contribution in [1.82, 2.24) is 0 Å². The molecule has 3 aromatic rings. The summed E-state index contributed by atoms with van der Waals surface area (Å²) in [6.45, 7) is 5.70. The molecule has 4 rings (SSSR count). The zero-order valence-electron chi connectivity index (χ0n) is 15.9. The lowest BCUT2D eigenvalue weighted by atomic mass is 9.89. The van der Waals surface area contributed by atoms with E-state index in [2.05, 4.69) is 67.2 Å². The molecule has 0 bridgehead atoms. The molecule has 0 aromatic heterocycles. The average molecular weight is 370 g/mol. The van der Waals surface area contributed by atoms with Gasteiger partial charge < -0.3 is 9.47 Å². The summed E-state index contributed by atoms with van der Waals surface area (Å²) in [4.78, 5) is 11.4. The smallest absolute Gasteiger partial charge is 0.333 e. The summed E-state index contributed by atoms with van der Waals surface area (Å²) in [5.41, 5.74) is 6.92. The number of fused-ring (bicyclic) bond motifs is 3. The molecule has 28 heavy (non-hydrogen) atoms. The SMILES string of the molecule is C=C(C)C(=O)OCCOc1ccc(C2c3ccccc3-c3ccccc32)cc1. The Morgan fingerprint density at radius 1 is 0.857 bits per heavy atom. The molecule has 0 radical (unpaired) electrons. The van der Waals surface area contributed by atoms with Crippen LogP contribution in [0.3, 0.4) is 0 Å². The molecule has 0 heterocycles. The number of rotatable bonds is 6. The van der Waals surface area contributed by atoms with E-state index in [9.17, 15) is 4.79 Å². The maximum Gasteiger partial charge on any atom is 0.333 e. The van der Waals surface area contributed by atoms with Crippen molar-refractivity contribution in [2.45, 2.75) is 12.8 Å². The normalized spacial score (nSPS) is 12.2. The maximum atomic E-state index is 11.4. The largest absolute Gasteiger partial charge is 0.490 e. The summed E-state index contributed by atoms with van der Waals surface area (Å²) < 4.78 is 10.7. The Kier molecular flexibility index (Phi) is 4.98. The summed E-state index contributed by atoms with van der Waals surface area (Å²) in [5, 5.41) is 0. The van der Waals surface area contributed by atoms with E-state index in [-0.39, 0.29) is 12.5 Å². The fourth-order valence-corrected chi connectivity index (χ4v) is 3.69. The van der Waals surface area contributed by atoms with Gasteiger partial charge in [-0.2, -0.15) is 0 Å². The third-order valence-corrected chi connectivity index (χ3v) is 4.98. The van der Waals surface area contributed by atoms with Gasteiger partial charge in [0, 0.05) is 11.5 Å². The number of esters is 1. The molecule has 0 saturated carbocycles. The van der Waals surface area contributed by atoms with Crippen LogP contribution in [0.5, 0.6) is 5.75 Å². The van der Waals surface area contributed by atoms with Crippen LogP contribution < -0.4 is 4.74 Å². The van der Waals surface area contributed by atoms with E-state index >= 15 is 0 Å². The highest BCUT2D eigenvalue weighted by Crippen LogP contribution is 2.47. The van der Waals surface area contributed by atoms with E-state index in [0.717, 1.165) is 5.75 Å². The van der Waals surface area contributed by atoms with Crippen LogP contribution in [0.1, 0.15) is 29.5 Å². The minimum absolute atomic E-state index is 0.205. The number of hydrogen-bond donors (Lipinski definition) is 0. The van der Waals surface area contributed by atoms with Crippen molar-refractivity contribution in [3.05, 3.63) is 102 Å². The van der Waals surface area contributed by atoms with E-state index in [1.54, 1.807) is 6.92 Å². The molecule has 0 aliphatic heterocycles. The van der Waals surface area contributed by atoms with Gasteiger partial charge in [0.05, 0.1) is 0 Å². The molecule has 0 saturated heterocycles. The Bertz CT molecular complexity index is 972. The molecule has 0 atom stereocenters. The van der Waals surface area contributed by atoms with Crippen LogP contribution >= 0.6 is 0 Å². The Hall–Kier alpha value is -3.33. The lowest BCUT2D eigenvalue weighted by Crippen LogP contribution is -2.12. The van der Waals surface area contributed by atoms with Crippen LogP contribution in [-0.4, -0.2) is 19.2 Å². The molecule has 0 fully saturated rings. The van der Waals surface area contributed by atoms with Gasteiger partial charge in [0.2, 0.25) is 0 Å². The molecule has 140 valence electrons. The van der Waals surface area contributed by atoms with Crippen LogP contribution in [0.4, 0.5) is 0 Å². The Balaban J connectivity index is 1.49. The number of benzene rings is 3. The van der Waals surface area contributed by atoms with Crippen molar-refractivity contribution in [3.63, 3.8) is 0 Å². The zero-order chi connectivity index (χ0) is 19.5. The Morgan fingerprint density at radius 3 is 2.00 bits per heavy atom. The van der Waals surface area contributed by atoms with Crippen molar-refractivity contribution in [3.8, 4) is 16.9 Å². The molecule has 1 aliphatic rings. The third-order valence-electron chi connectivity index (χ3n) is 4.98. The lowest BCUT2D eigenvalue weighted by Gasteiger charge is -2.15. The van der Waals surface area contributed by atoms with Gasteiger partial charge in [0.25, 0.3) is 0 Å². The van der Waals surface area contributed by atoms with Crippen LogP contribution in [-0.2, 0) is 9.53 Å². The van der Waals surface area contributed by atoms with E-state index in [1.165, 1.54) is 27.8 Å². The first-order valence-electron chi connectivity index (χ1n) is 9.39. The fourth-order valence-electron chi connectivity index (χ4n) is 3.69. The van der Waals surface area contributed by atoms with Gasteiger partial charge >= 0.3 is 5.97 Å². The quantitative estimate of drug-likeness (QED) is 0.261. The van der Waals surface area contributed by atoms with Crippen molar-refractivity contribution < 1.29 is 14.3 Å². The van der Waals surface area contributed by atoms with Crippen molar-refractivity contribution >= 4 is 5.97 Å². The Morgan fingerprint density at radius 2 is 1.43 bits per heavy atom. The Labute approximate surface area is 165 Å². The van der Waals surface area contributed by atoms with Gasteiger partial charge in [0.1, 0.15) is 19.0 Å². The monoisotopic (exact) mass is 370 g/mol. The first kappa shape index (κ1) is 18.1. The standard InChI is InChI=1S/C25H22O3/c1-17(2)25(26)28-16-15-27-19-13-11-18(12-14-19)24-22-9-5-3-7-20(22)21-8-4-6-10-23(21)24/h3-14,24H,1,15-16H2,2H3. The van der Waals surface area contributed by atoms with Crippen molar-refractivity contribution in [2.75, 3.05) is 13.2 Å². The minimum Gasteiger partial charge on any atom is -0.490 e. The first-order valence-corrected chi connectivity index (χ1v) is 9.39. The second-order valence-electron chi connectivity index (χ2n) is 6.94. The maximum absolute atomic E-state index is 11.4. The second-order valence-corrected chi connectivity index (χ2v) is 6.94. The highest BCUT2D eigenvalue weighted by molar-refractivity contribution is 5.86. The van der Waals surface area contributed by atoms with Crippen LogP contribution in [0.2, 0.25) is 0 Å². The van der Waals surface area contributed by atoms with Gasteiger partial charge in [-0.3, -0.25) is 0 Å². The summed E-state index contributed by atoms with van der Waals surface area (Å²) in [7, 11) is 0. The molecular formula is C25H22O3. The summed E-state index contributed by atoms with van der Waals surface area (Å²) in [5.74, 6) is 0.602. The summed E-state index contributed by atoms with van der Waals surface area (Å²) in [6.07, 6.45) is 0. The van der Waals surface area contributed by atoms with Crippen LogP contribution in [0.25, 0.3) is 11.1 Å².